The number of amides is 1. The molecule has 2 aromatic heterocycles. The quantitative estimate of drug-likeness (QED) is 0.00870. The number of carbonyl (C=O) groups excluding carboxylic acids is 3. The van der Waals surface area contributed by atoms with Crippen molar-refractivity contribution in [1.82, 2.24) is 29.7 Å². The Balaban J connectivity index is 0.000000314. The van der Waals surface area contributed by atoms with Crippen LogP contribution in [0.5, 0.6) is 0 Å². The topological polar surface area (TPSA) is 268 Å². The van der Waals surface area contributed by atoms with Crippen LogP contribution in [0.15, 0.2) is 123 Å². The normalized spacial score (nSPS) is 16.0. The maximum Gasteiger partial charge on any atom is 1.00 e. The zero-order valence-corrected chi connectivity index (χ0v) is 56.6. The molecule has 0 saturated carbocycles. The number of para-hydroxylation sites is 2. The van der Waals surface area contributed by atoms with Crippen molar-refractivity contribution in [1.29, 1.82) is 0 Å². The first-order valence-electron chi connectivity index (χ1n) is 26.6. The molecule has 7 N–H and O–H groups in total. The Kier molecular flexibility index (Phi) is 29.3. The number of hydrogen-bond acceptors (Lipinski definition) is 20. The maximum absolute atomic E-state index is 12.8. The number of nitrogen functional groups attached to an aromatic ring is 1. The summed E-state index contributed by atoms with van der Waals surface area (Å²) >= 11 is 17.5. The van der Waals surface area contributed by atoms with Gasteiger partial charge in [-0.15, -0.1) is 0 Å². The van der Waals surface area contributed by atoms with Gasteiger partial charge in [0.2, 0.25) is 23.0 Å². The van der Waals surface area contributed by atoms with Crippen LogP contribution in [0.4, 0.5) is 69.0 Å². The summed E-state index contributed by atoms with van der Waals surface area (Å²) < 4.78 is 25.5. The number of piperazine rings is 2. The molecule has 2 atom stereocenters. The third-order valence-corrected chi connectivity index (χ3v) is 17.8. The van der Waals surface area contributed by atoms with Gasteiger partial charge in [0.15, 0.2) is 11.6 Å². The van der Waals surface area contributed by atoms with E-state index in [0.29, 0.717) is 73.7 Å². The van der Waals surface area contributed by atoms with Crippen LogP contribution in [0.1, 0.15) is 25.7 Å². The predicted molar refractivity (Wildman–Crippen MR) is 357 cm³/mol. The summed E-state index contributed by atoms with van der Waals surface area (Å²) in [5.74, 6) is 1.26. The largest absolute Gasteiger partial charge is 1.00 e. The number of carbonyl (C=O) groups is 3. The average Bonchev–Trinajstić information content (AvgIpc) is 2.12. The molecular weight excluding hydrogens is 1250 g/mol. The summed E-state index contributed by atoms with van der Waals surface area (Å²) in [7, 11) is -5.02. The van der Waals surface area contributed by atoms with Crippen LogP contribution in [0, 0.1) is 0 Å². The van der Waals surface area contributed by atoms with E-state index in [9.17, 15) is 18.7 Å². The molecule has 21 nitrogen and oxygen atoms in total. The standard InChI is InChI=1S/C28H33ClN7O2P.C25H31ClN7OP.C3H3ClO.CH2O3.Na.2H2S/c1-4-26(37)32-23-16-19(11-12-24(23)36-15-14-35-13-7-8-20(35)18-36)31-28-30-17-21(29)27(34-28)33-22-9-5-6-10-25(22)39(2,3)38;1-35(2,34)23-8-4-3-7-21(23)30-24-19(26)15-28-25(31-24)29-17-9-10-22(20(27)14-17)33-13-12-32-11-5-6-18(32)16-33;1-2-3(4)5;2-1-4-3;;;/h4-6,9-12,16-17,20H,1,7-8,13-15,18H2,2-3H3,(H,32,37)(H2,30,31,33,34);3-4,7-10,14-15,18H,5-6,11-13,16,27H2,1-2H3,(H2,28,29,30,31);2H,1H2;1,3H;;2*1H2/q;;;;+1;;/p-1/t20-;18-;;;;;/m00...../s1. The van der Waals surface area contributed by atoms with E-state index in [0.717, 1.165) is 73.4 Å². The number of anilines is 12. The zero-order chi connectivity index (χ0) is 59.8. The summed E-state index contributed by atoms with van der Waals surface area (Å²) in [6, 6.07) is 27.9. The van der Waals surface area contributed by atoms with E-state index in [1.807, 2.05) is 78.9 Å². The first kappa shape index (κ1) is 73.1. The molecule has 0 radical (unpaired) electrons. The number of halogens is 3. The van der Waals surface area contributed by atoms with Crippen LogP contribution < -0.4 is 87.5 Å². The zero-order valence-electron chi connectivity index (χ0n) is 48.6. The molecule has 456 valence electrons. The minimum absolute atomic E-state index is 0. The number of nitrogens with zero attached hydrogens (tertiary/aromatic N) is 8. The van der Waals surface area contributed by atoms with Crippen molar-refractivity contribution in [3.05, 3.63) is 133 Å². The monoisotopic (exact) mass is 1320 g/mol. The molecule has 0 unspecified atom stereocenters. The Morgan fingerprint density at radius 1 is 0.663 bits per heavy atom. The van der Waals surface area contributed by atoms with E-state index >= 15 is 0 Å². The summed E-state index contributed by atoms with van der Waals surface area (Å²) in [6.45, 7) is 21.8. The van der Waals surface area contributed by atoms with E-state index in [1.54, 1.807) is 26.7 Å². The van der Waals surface area contributed by atoms with Crippen molar-refractivity contribution >= 4 is 173 Å². The maximum atomic E-state index is 12.8. The Morgan fingerprint density at radius 2 is 1.09 bits per heavy atom. The number of fused-ring (bicyclic) bond motifs is 2. The SMILES string of the molecule is C=CC(=O)Cl.C=CC(=O)Nc1cc(Nc2ncc(Cl)c(Nc3ccccc3P(C)(C)=O)n2)ccc1N1CCN2CCC[C@H]2C1.CP(C)(=O)c1ccccc1Nc1nc(Nc2ccc(N3CCN4CCC[C@H]4C3)c(N)c2)ncc1Cl.O=CO[O-].S.S.[Na+]. The molecule has 1 amide bonds. The minimum atomic E-state index is -2.53. The van der Waals surface area contributed by atoms with Crippen LogP contribution in [-0.2, 0) is 28.4 Å². The molecule has 29 heteroatoms. The Bertz CT molecular complexity index is 3410. The molecule has 4 saturated heterocycles. The summed E-state index contributed by atoms with van der Waals surface area (Å²) in [6.07, 6.45) is 10.3. The number of benzene rings is 4. The van der Waals surface area contributed by atoms with Crippen molar-refractivity contribution in [2.75, 3.05) is 121 Å². The van der Waals surface area contributed by atoms with Crippen molar-refractivity contribution in [3.63, 3.8) is 0 Å². The molecule has 86 heavy (non-hydrogen) atoms. The fraction of sp³-hybridized carbons (Fsp3) is 0.316. The molecule has 0 aliphatic carbocycles. The molecule has 4 aliphatic rings. The number of hydrogen-bond donors (Lipinski definition) is 6. The molecule has 4 aromatic carbocycles. The van der Waals surface area contributed by atoms with Gasteiger partial charge in [-0.1, -0.05) is 60.6 Å². The van der Waals surface area contributed by atoms with Crippen LogP contribution >= 0.6 is 76.1 Å². The average molecular weight is 1320 g/mol. The van der Waals surface area contributed by atoms with Gasteiger partial charge < -0.3 is 61.4 Å². The second-order valence-electron chi connectivity index (χ2n) is 20.5. The number of rotatable bonds is 16. The van der Waals surface area contributed by atoms with Gasteiger partial charge in [-0.3, -0.25) is 24.2 Å². The number of nitrogens with two attached hydrogens (primary N) is 1. The molecule has 6 heterocycles. The predicted octanol–water partition coefficient (Wildman–Crippen LogP) is 6.61. The fourth-order valence-corrected chi connectivity index (χ4v) is 12.7. The van der Waals surface area contributed by atoms with Gasteiger partial charge in [-0.25, -0.2) is 9.97 Å². The number of aromatic nitrogens is 4. The fourth-order valence-electron chi connectivity index (χ4n) is 10.2. The number of nitrogens with one attached hydrogen (secondary N) is 5. The van der Waals surface area contributed by atoms with E-state index in [2.05, 4.69) is 90.2 Å². The van der Waals surface area contributed by atoms with Gasteiger partial charge in [0.25, 0.3) is 6.47 Å². The van der Waals surface area contributed by atoms with Crippen molar-refractivity contribution in [2.45, 2.75) is 37.8 Å². The molecule has 0 spiro atoms. The summed E-state index contributed by atoms with van der Waals surface area (Å²) in [5.41, 5.74) is 12.8. The van der Waals surface area contributed by atoms with Crippen LogP contribution in [0.2, 0.25) is 10.0 Å². The summed E-state index contributed by atoms with van der Waals surface area (Å²) in [4.78, 5) is 60.6. The van der Waals surface area contributed by atoms with E-state index in [-0.39, 0.29) is 68.9 Å². The smallest absolute Gasteiger partial charge is 0.662 e. The summed E-state index contributed by atoms with van der Waals surface area (Å²) in [5, 5.41) is 25.9. The molecule has 4 fully saturated rings. The van der Waals surface area contributed by atoms with E-state index in [4.69, 9.17) is 50.6 Å². The van der Waals surface area contributed by atoms with Crippen LogP contribution in [-0.4, -0.2) is 138 Å². The molecule has 6 aromatic rings. The van der Waals surface area contributed by atoms with Crippen LogP contribution in [0.25, 0.3) is 0 Å². The molecule has 4 aliphatic heterocycles. The van der Waals surface area contributed by atoms with Gasteiger partial charge in [-0.2, -0.15) is 37.0 Å². The second kappa shape index (κ2) is 34.4. The third kappa shape index (κ3) is 20.6. The van der Waals surface area contributed by atoms with Gasteiger partial charge in [-0.05, 0) is 150 Å². The van der Waals surface area contributed by atoms with Crippen molar-refractivity contribution < 1.29 is 63.2 Å². The Hall–Kier alpha value is -5.36. The third-order valence-electron chi connectivity index (χ3n) is 14.0. The molecular formula is C57H72Cl3N14NaO7P2S2. The molecule has 0 bridgehead atoms. The van der Waals surface area contributed by atoms with Gasteiger partial charge in [0, 0.05) is 73.3 Å². The first-order valence-corrected chi connectivity index (χ1v) is 32.9. The van der Waals surface area contributed by atoms with Crippen molar-refractivity contribution in [3.8, 4) is 0 Å². The van der Waals surface area contributed by atoms with E-state index in [1.165, 1.54) is 57.2 Å². The van der Waals surface area contributed by atoms with Gasteiger partial charge >= 0.3 is 29.6 Å². The van der Waals surface area contributed by atoms with Gasteiger partial charge in [0.05, 0.1) is 46.5 Å². The Labute approximate surface area is 553 Å². The van der Waals surface area contributed by atoms with Crippen molar-refractivity contribution in [2.24, 2.45) is 0 Å². The minimum Gasteiger partial charge on any atom is -0.662 e. The van der Waals surface area contributed by atoms with Crippen LogP contribution in [0.3, 0.4) is 0 Å². The van der Waals surface area contributed by atoms with E-state index < -0.39 is 19.5 Å². The first-order chi connectivity index (χ1) is 39.7. The second-order valence-corrected chi connectivity index (χ2v) is 28.0. The number of allylic oxidation sites excluding steroid dienone is 1. The molecule has 10 rings (SSSR count). The Morgan fingerprint density at radius 3 is 1.51 bits per heavy atom. The van der Waals surface area contributed by atoms with Gasteiger partial charge in [0.1, 0.15) is 24.3 Å².